The molecule has 0 fully saturated rings. The van der Waals surface area contributed by atoms with Gasteiger partial charge in [-0.2, -0.15) is 0 Å². The summed E-state index contributed by atoms with van der Waals surface area (Å²) in [6, 6.07) is 6.23. The van der Waals surface area contributed by atoms with E-state index in [-0.39, 0.29) is 11.6 Å². The summed E-state index contributed by atoms with van der Waals surface area (Å²) in [5.74, 6) is -0.577. The molecule has 0 bridgehead atoms. The van der Waals surface area contributed by atoms with E-state index in [1.807, 2.05) is 6.92 Å². The number of hydrogen-bond donors (Lipinski definition) is 1. The van der Waals surface area contributed by atoms with Crippen LogP contribution in [0.4, 0.5) is 8.78 Å². The Kier molecular flexibility index (Phi) is 5.22. The van der Waals surface area contributed by atoms with E-state index in [9.17, 15) is 8.78 Å². The van der Waals surface area contributed by atoms with E-state index < -0.39 is 11.6 Å². The first-order chi connectivity index (χ1) is 10.1. The van der Waals surface area contributed by atoms with Gasteiger partial charge in [0.05, 0.1) is 6.20 Å². The van der Waals surface area contributed by atoms with Crippen molar-refractivity contribution in [2.75, 3.05) is 6.54 Å². The highest BCUT2D eigenvalue weighted by atomic mass is 19.1. The highest BCUT2D eigenvalue weighted by molar-refractivity contribution is 5.36. The molecule has 0 radical (unpaired) electrons. The van der Waals surface area contributed by atoms with Crippen molar-refractivity contribution in [1.29, 1.82) is 0 Å². The van der Waals surface area contributed by atoms with Crippen LogP contribution in [0.1, 0.15) is 24.5 Å². The molecule has 0 saturated carbocycles. The number of halogens is 2. The maximum atomic E-state index is 14.0. The maximum absolute atomic E-state index is 14.0. The zero-order valence-corrected chi connectivity index (χ0v) is 12.1. The van der Waals surface area contributed by atoms with E-state index in [4.69, 9.17) is 4.74 Å². The molecule has 1 aromatic heterocycles. The molecule has 2 rings (SSSR count). The first-order valence-electron chi connectivity index (χ1n) is 6.90. The number of hydrogen-bond acceptors (Lipinski definition) is 3. The Morgan fingerprint density at radius 2 is 2.10 bits per heavy atom. The van der Waals surface area contributed by atoms with Crippen molar-refractivity contribution in [3.63, 3.8) is 0 Å². The molecule has 5 heteroatoms. The van der Waals surface area contributed by atoms with Crippen LogP contribution in [0.5, 0.6) is 11.6 Å². The molecule has 0 aliphatic heterocycles. The Bertz CT molecular complexity index is 617. The third kappa shape index (κ3) is 3.98. The Balaban J connectivity index is 2.24. The lowest BCUT2D eigenvalue weighted by atomic mass is 10.2. The molecule has 1 heterocycles. The van der Waals surface area contributed by atoms with Crippen LogP contribution >= 0.6 is 0 Å². The second-order valence-electron chi connectivity index (χ2n) is 4.78. The van der Waals surface area contributed by atoms with Crippen molar-refractivity contribution >= 4 is 0 Å². The van der Waals surface area contributed by atoms with Gasteiger partial charge < -0.3 is 10.1 Å². The first-order valence-corrected chi connectivity index (χ1v) is 6.90. The summed E-state index contributed by atoms with van der Waals surface area (Å²) in [5.41, 5.74) is 1.05. The SMILES string of the molecule is CCCNCc1cc(F)cnc1Oc1cccc(C)c1F. The van der Waals surface area contributed by atoms with Gasteiger partial charge >= 0.3 is 0 Å². The molecule has 0 atom stereocenters. The Hall–Kier alpha value is -2.01. The molecule has 0 saturated heterocycles. The molecule has 0 amide bonds. The monoisotopic (exact) mass is 292 g/mol. The minimum Gasteiger partial charge on any atom is -0.436 e. The lowest BCUT2D eigenvalue weighted by molar-refractivity contribution is 0.416. The fourth-order valence-corrected chi connectivity index (χ4v) is 1.89. The smallest absolute Gasteiger partial charge is 0.224 e. The summed E-state index contributed by atoms with van der Waals surface area (Å²) in [7, 11) is 0. The lowest BCUT2D eigenvalue weighted by Crippen LogP contribution is -2.15. The highest BCUT2D eigenvalue weighted by Crippen LogP contribution is 2.27. The fourth-order valence-electron chi connectivity index (χ4n) is 1.89. The third-order valence-corrected chi connectivity index (χ3v) is 3.00. The van der Waals surface area contributed by atoms with Crippen molar-refractivity contribution in [3.8, 4) is 11.6 Å². The number of pyridine rings is 1. The van der Waals surface area contributed by atoms with Crippen molar-refractivity contribution in [2.45, 2.75) is 26.8 Å². The van der Waals surface area contributed by atoms with E-state index in [0.29, 0.717) is 17.7 Å². The number of rotatable bonds is 6. The van der Waals surface area contributed by atoms with Crippen molar-refractivity contribution in [1.82, 2.24) is 10.3 Å². The number of aryl methyl sites for hydroxylation is 1. The lowest BCUT2D eigenvalue weighted by Gasteiger charge is -2.12. The molecule has 2 aromatic rings. The summed E-state index contributed by atoms with van der Waals surface area (Å²) in [6.45, 7) is 4.91. The minimum absolute atomic E-state index is 0.0887. The summed E-state index contributed by atoms with van der Waals surface area (Å²) >= 11 is 0. The van der Waals surface area contributed by atoms with Gasteiger partial charge in [-0.25, -0.2) is 13.8 Å². The number of aromatic nitrogens is 1. The van der Waals surface area contributed by atoms with Gasteiger partial charge in [-0.3, -0.25) is 0 Å². The molecule has 0 spiro atoms. The average Bonchev–Trinajstić information content (AvgIpc) is 2.46. The molecule has 0 unspecified atom stereocenters. The fraction of sp³-hybridized carbons (Fsp3) is 0.312. The van der Waals surface area contributed by atoms with Crippen LogP contribution in [0.2, 0.25) is 0 Å². The minimum atomic E-state index is -0.444. The predicted octanol–water partition coefficient (Wildman–Crippen LogP) is 3.96. The van der Waals surface area contributed by atoms with E-state index in [1.54, 1.807) is 19.1 Å². The van der Waals surface area contributed by atoms with Gasteiger partial charge in [0.15, 0.2) is 11.6 Å². The van der Waals surface area contributed by atoms with E-state index in [2.05, 4.69) is 10.3 Å². The van der Waals surface area contributed by atoms with E-state index >= 15 is 0 Å². The van der Waals surface area contributed by atoms with Gasteiger partial charge in [0.2, 0.25) is 5.88 Å². The molecule has 1 N–H and O–H groups in total. The van der Waals surface area contributed by atoms with Crippen LogP contribution in [0, 0.1) is 18.6 Å². The number of nitrogens with one attached hydrogen (secondary N) is 1. The standard InChI is InChI=1S/C16H18F2N2O/c1-3-7-19-9-12-8-13(17)10-20-16(12)21-14-6-4-5-11(2)15(14)18/h4-6,8,10,19H,3,7,9H2,1-2H3. The molecule has 21 heavy (non-hydrogen) atoms. The molecule has 0 aliphatic rings. The first kappa shape index (κ1) is 15.4. The normalized spacial score (nSPS) is 10.7. The van der Waals surface area contributed by atoms with E-state index in [1.165, 1.54) is 12.1 Å². The number of ether oxygens (including phenoxy) is 1. The van der Waals surface area contributed by atoms with Crippen molar-refractivity contribution in [3.05, 3.63) is 53.2 Å². The molecule has 0 aliphatic carbocycles. The van der Waals surface area contributed by atoms with Gasteiger partial charge in [-0.1, -0.05) is 19.1 Å². The zero-order valence-electron chi connectivity index (χ0n) is 12.1. The maximum Gasteiger partial charge on any atom is 0.224 e. The Morgan fingerprint density at radius 1 is 1.29 bits per heavy atom. The van der Waals surface area contributed by atoms with Crippen molar-refractivity contribution in [2.24, 2.45) is 0 Å². The van der Waals surface area contributed by atoms with Crippen LogP contribution in [-0.2, 0) is 6.54 Å². The zero-order chi connectivity index (χ0) is 15.2. The molecule has 1 aromatic carbocycles. The summed E-state index contributed by atoms with van der Waals surface area (Å²) < 4.78 is 32.8. The molecular formula is C16H18F2N2O. The van der Waals surface area contributed by atoms with Gasteiger partial charge in [0.25, 0.3) is 0 Å². The topological polar surface area (TPSA) is 34.2 Å². The molecular weight excluding hydrogens is 274 g/mol. The number of nitrogens with zero attached hydrogens (tertiary/aromatic N) is 1. The van der Waals surface area contributed by atoms with Gasteiger partial charge in [-0.05, 0) is 37.6 Å². The largest absolute Gasteiger partial charge is 0.436 e. The summed E-state index contributed by atoms with van der Waals surface area (Å²) in [6.07, 6.45) is 2.03. The summed E-state index contributed by atoms with van der Waals surface area (Å²) in [5, 5.41) is 3.15. The van der Waals surface area contributed by atoms with Crippen LogP contribution in [-0.4, -0.2) is 11.5 Å². The van der Waals surface area contributed by atoms with Crippen LogP contribution in [0.25, 0.3) is 0 Å². The quantitative estimate of drug-likeness (QED) is 0.818. The van der Waals surface area contributed by atoms with Crippen LogP contribution in [0.15, 0.2) is 30.5 Å². The second-order valence-corrected chi connectivity index (χ2v) is 4.78. The van der Waals surface area contributed by atoms with E-state index in [0.717, 1.165) is 19.2 Å². The van der Waals surface area contributed by atoms with Gasteiger partial charge in [-0.15, -0.1) is 0 Å². The molecule has 3 nitrogen and oxygen atoms in total. The van der Waals surface area contributed by atoms with Crippen LogP contribution < -0.4 is 10.1 Å². The summed E-state index contributed by atoms with van der Waals surface area (Å²) in [4.78, 5) is 3.92. The second kappa shape index (κ2) is 7.13. The predicted molar refractivity (Wildman–Crippen MR) is 77.4 cm³/mol. The average molecular weight is 292 g/mol. The van der Waals surface area contributed by atoms with Gasteiger partial charge in [0, 0.05) is 12.1 Å². The van der Waals surface area contributed by atoms with Gasteiger partial charge in [0.1, 0.15) is 5.82 Å². The van der Waals surface area contributed by atoms with Crippen LogP contribution in [0.3, 0.4) is 0 Å². The highest BCUT2D eigenvalue weighted by Gasteiger charge is 2.12. The third-order valence-electron chi connectivity index (χ3n) is 3.00. The molecule has 112 valence electrons. The van der Waals surface area contributed by atoms with Crippen molar-refractivity contribution < 1.29 is 13.5 Å². The Labute approximate surface area is 123 Å². The number of benzene rings is 1. The Morgan fingerprint density at radius 3 is 2.86 bits per heavy atom.